The second-order valence-corrected chi connectivity index (χ2v) is 4.88. The monoisotopic (exact) mass is 318 g/mol. The second-order valence-electron chi connectivity index (χ2n) is 3.27. The van der Waals surface area contributed by atoms with Crippen molar-refractivity contribution in [3.63, 3.8) is 0 Å². The molecule has 1 heterocycles. The van der Waals surface area contributed by atoms with Crippen molar-refractivity contribution >= 4 is 55.7 Å². The van der Waals surface area contributed by atoms with Crippen LogP contribution < -0.4 is 5.32 Å². The summed E-state index contributed by atoms with van der Waals surface area (Å²) in [5.41, 5.74) is 1.72. The van der Waals surface area contributed by atoms with E-state index in [0.717, 1.165) is 22.1 Å². The van der Waals surface area contributed by atoms with Crippen LogP contribution >= 0.6 is 39.1 Å². The van der Waals surface area contributed by atoms with Crippen LogP contribution in [-0.4, -0.2) is 11.5 Å². The van der Waals surface area contributed by atoms with Gasteiger partial charge in [0.2, 0.25) is 0 Å². The highest BCUT2D eigenvalue weighted by Gasteiger charge is 2.11. The lowest BCUT2D eigenvalue weighted by Crippen LogP contribution is -1.98. The second kappa shape index (κ2) is 4.78. The number of benzene rings is 1. The zero-order valence-corrected chi connectivity index (χ0v) is 11.6. The molecule has 0 bridgehead atoms. The van der Waals surface area contributed by atoms with E-state index in [1.54, 1.807) is 6.20 Å². The molecule has 2 nitrogen and oxygen atoms in total. The van der Waals surface area contributed by atoms with Gasteiger partial charge in [-0.15, -0.1) is 0 Å². The molecule has 0 radical (unpaired) electrons. The highest BCUT2D eigenvalue weighted by atomic mass is 79.9. The molecule has 0 unspecified atom stereocenters. The third-order valence-corrected chi connectivity index (χ3v) is 3.95. The van der Waals surface area contributed by atoms with Crippen molar-refractivity contribution in [2.24, 2.45) is 0 Å². The number of pyridine rings is 1. The summed E-state index contributed by atoms with van der Waals surface area (Å²) in [5, 5.41) is 5.20. The minimum Gasteiger partial charge on any atom is -0.385 e. The van der Waals surface area contributed by atoms with Gasteiger partial charge >= 0.3 is 0 Å². The van der Waals surface area contributed by atoms with E-state index in [-0.39, 0.29) is 0 Å². The highest BCUT2D eigenvalue weighted by molar-refractivity contribution is 9.10. The molecular weight excluding hydrogens is 311 g/mol. The SMILES string of the molecule is CCNc1ccnc2c(Cl)c(Cl)c(Br)cc12. The van der Waals surface area contributed by atoms with E-state index in [1.165, 1.54) is 0 Å². The van der Waals surface area contributed by atoms with E-state index in [9.17, 15) is 0 Å². The summed E-state index contributed by atoms with van der Waals surface area (Å²) in [6.07, 6.45) is 1.72. The van der Waals surface area contributed by atoms with Gasteiger partial charge in [0.15, 0.2) is 0 Å². The van der Waals surface area contributed by atoms with Crippen molar-refractivity contribution in [3.05, 3.63) is 32.8 Å². The fourth-order valence-electron chi connectivity index (χ4n) is 1.54. The molecule has 5 heteroatoms. The topological polar surface area (TPSA) is 24.9 Å². The van der Waals surface area contributed by atoms with Crippen LogP contribution in [0.25, 0.3) is 10.9 Å². The third kappa shape index (κ3) is 1.99. The van der Waals surface area contributed by atoms with Crippen molar-refractivity contribution in [1.82, 2.24) is 4.98 Å². The summed E-state index contributed by atoms with van der Waals surface area (Å²) in [5.74, 6) is 0. The number of aromatic nitrogens is 1. The van der Waals surface area contributed by atoms with Gasteiger partial charge < -0.3 is 5.32 Å². The van der Waals surface area contributed by atoms with E-state index >= 15 is 0 Å². The van der Waals surface area contributed by atoms with Crippen LogP contribution in [0.15, 0.2) is 22.8 Å². The van der Waals surface area contributed by atoms with Crippen molar-refractivity contribution in [2.45, 2.75) is 6.92 Å². The Kier molecular flexibility index (Phi) is 3.57. The number of anilines is 1. The molecule has 0 fully saturated rings. The van der Waals surface area contributed by atoms with Crippen molar-refractivity contribution in [2.75, 3.05) is 11.9 Å². The summed E-state index contributed by atoms with van der Waals surface area (Å²) in [6, 6.07) is 3.84. The Labute approximate surface area is 112 Å². The average Bonchev–Trinajstić information content (AvgIpc) is 2.28. The Morgan fingerprint density at radius 1 is 1.38 bits per heavy atom. The minimum atomic E-state index is 0.478. The standard InChI is InChI=1S/C11H9BrCl2N2/c1-2-15-8-3-4-16-11-6(8)5-7(12)9(13)10(11)14/h3-5H,2H2,1H3,(H,15,16). The van der Waals surface area contributed by atoms with E-state index < -0.39 is 0 Å². The lowest BCUT2D eigenvalue weighted by molar-refractivity contribution is 1.21. The maximum atomic E-state index is 6.15. The van der Waals surface area contributed by atoms with E-state index in [2.05, 4.69) is 26.2 Å². The molecule has 0 amide bonds. The minimum absolute atomic E-state index is 0.478. The van der Waals surface area contributed by atoms with Crippen LogP contribution in [-0.2, 0) is 0 Å². The number of rotatable bonds is 2. The van der Waals surface area contributed by atoms with E-state index in [4.69, 9.17) is 23.2 Å². The molecule has 0 saturated heterocycles. The lowest BCUT2D eigenvalue weighted by atomic mass is 10.2. The van der Waals surface area contributed by atoms with E-state index in [0.29, 0.717) is 15.6 Å². The number of fused-ring (bicyclic) bond motifs is 1. The van der Waals surface area contributed by atoms with Gasteiger partial charge in [0.05, 0.1) is 15.6 Å². The van der Waals surface area contributed by atoms with Gasteiger partial charge in [-0.25, -0.2) is 0 Å². The molecule has 0 atom stereocenters. The Morgan fingerprint density at radius 3 is 2.81 bits per heavy atom. The molecule has 2 rings (SSSR count). The smallest absolute Gasteiger partial charge is 0.0924 e. The molecular formula is C11H9BrCl2N2. The molecule has 1 aromatic heterocycles. The van der Waals surface area contributed by atoms with Gasteiger partial charge in [-0.05, 0) is 35.0 Å². The summed E-state index contributed by atoms with van der Waals surface area (Å²) >= 11 is 15.6. The van der Waals surface area contributed by atoms with Gasteiger partial charge in [0.1, 0.15) is 0 Å². The van der Waals surface area contributed by atoms with Crippen LogP contribution in [0.5, 0.6) is 0 Å². The van der Waals surface area contributed by atoms with Crippen molar-refractivity contribution in [3.8, 4) is 0 Å². The number of hydrogen-bond acceptors (Lipinski definition) is 2. The zero-order valence-electron chi connectivity index (χ0n) is 8.52. The average molecular weight is 320 g/mol. The van der Waals surface area contributed by atoms with Gasteiger partial charge in [-0.1, -0.05) is 23.2 Å². The first-order valence-corrected chi connectivity index (χ1v) is 6.36. The molecule has 84 valence electrons. The maximum Gasteiger partial charge on any atom is 0.0924 e. The molecule has 0 saturated carbocycles. The van der Waals surface area contributed by atoms with Gasteiger partial charge in [-0.2, -0.15) is 0 Å². The van der Waals surface area contributed by atoms with E-state index in [1.807, 2.05) is 19.1 Å². The van der Waals surface area contributed by atoms with Crippen molar-refractivity contribution < 1.29 is 0 Å². The van der Waals surface area contributed by atoms with Crippen LogP contribution in [0, 0.1) is 0 Å². The van der Waals surface area contributed by atoms with Gasteiger partial charge in [-0.3, -0.25) is 4.98 Å². The first kappa shape index (κ1) is 12.0. The van der Waals surface area contributed by atoms with Crippen LogP contribution in [0.4, 0.5) is 5.69 Å². The summed E-state index contributed by atoms with van der Waals surface area (Å²) in [4.78, 5) is 4.25. The highest BCUT2D eigenvalue weighted by Crippen LogP contribution is 2.38. The Bertz CT molecular complexity index is 543. The first-order valence-electron chi connectivity index (χ1n) is 4.81. The summed E-state index contributed by atoms with van der Waals surface area (Å²) in [7, 11) is 0. The molecule has 0 spiro atoms. The molecule has 1 aromatic carbocycles. The molecule has 0 aliphatic rings. The quantitative estimate of drug-likeness (QED) is 0.809. The molecule has 2 aromatic rings. The molecule has 1 N–H and O–H groups in total. The normalized spacial score (nSPS) is 10.8. The number of halogens is 3. The van der Waals surface area contributed by atoms with Crippen LogP contribution in [0.2, 0.25) is 10.0 Å². The third-order valence-electron chi connectivity index (χ3n) is 2.24. The number of nitrogens with one attached hydrogen (secondary N) is 1. The first-order chi connectivity index (χ1) is 7.65. The maximum absolute atomic E-state index is 6.15. The van der Waals surface area contributed by atoms with Crippen LogP contribution in [0.3, 0.4) is 0 Å². The largest absolute Gasteiger partial charge is 0.385 e. The predicted octanol–water partition coefficient (Wildman–Crippen LogP) is 4.74. The van der Waals surface area contributed by atoms with Gasteiger partial charge in [0, 0.05) is 28.3 Å². The van der Waals surface area contributed by atoms with Crippen LogP contribution in [0.1, 0.15) is 6.92 Å². The van der Waals surface area contributed by atoms with Gasteiger partial charge in [0.25, 0.3) is 0 Å². The number of nitrogens with zero attached hydrogens (tertiary/aromatic N) is 1. The Balaban J connectivity index is 2.78. The molecule has 16 heavy (non-hydrogen) atoms. The molecule has 0 aliphatic heterocycles. The number of hydrogen-bond donors (Lipinski definition) is 1. The summed E-state index contributed by atoms with van der Waals surface area (Å²) in [6.45, 7) is 2.88. The Morgan fingerprint density at radius 2 is 2.12 bits per heavy atom. The predicted molar refractivity (Wildman–Crippen MR) is 73.6 cm³/mol. The zero-order chi connectivity index (χ0) is 11.7. The summed E-state index contributed by atoms with van der Waals surface area (Å²) < 4.78 is 0.777. The van der Waals surface area contributed by atoms with Crippen molar-refractivity contribution in [1.29, 1.82) is 0 Å². The lowest BCUT2D eigenvalue weighted by Gasteiger charge is -2.10. The fourth-order valence-corrected chi connectivity index (χ4v) is 2.48. The molecule has 0 aliphatic carbocycles. The fraction of sp³-hybridized carbons (Fsp3) is 0.182. The Hall–Kier alpha value is -0.510.